The third-order valence-corrected chi connectivity index (χ3v) is 2.66. The molecule has 0 saturated carbocycles. The molecule has 15 heavy (non-hydrogen) atoms. The zero-order valence-corrected chi connectivity index (χ0v) is 8.07. The lowest BCUT2D eigenvalue weighted by Gasteiger charge is -2.19. The first-order valence-electron chi connectivity index (χ1n) is 4.81. The summed E-state index contributed by atoms with van der Waals surface area (Å²) in [5.41, 5.74) is 0.655. The molecule has 1 aromatic rings. The van der Waals surface area contributed by atoms with E-state index in [0.717, 1.165) is 0 Å². The molecule has 1 fully saturated rings. The fourth-order valence-electron chi connectivity index (χ4n) is 1.97. The van der Waals surface area contributed by atoms with Crippen LogP contribution < -0.4 is 0 Å². The standard InChI is InChI=1S/C11H11F2NO/c12-9-3-1-2-8(4-9)11-5-10(13)6-14(11)7-15/h1-4,7,10-11H,5-6H2. The number of alkyl halides is 1. The summed E-state index contributed by atoms with van der Waals surface area (Å²) in [5.74, 6) is -0.361. The minimum absolute atomic E-state index is 0.102. The third kappa shape index (κ3) is 1.98. The van der Waals surface area contributed by atoms with Crippen molar-refractivity contribution in [3.63, 3.8) is 0 Å². The van der Waals surface area contributed by atoms with Crippen LogP contribution >= 0.6 is 0 Å². The van der Waals surface area contributed by atoms with Crippen LogP contribution in [0.25, 0.3) is 0 Å². The van der Waals surface area contributed by atoms with Crippen LogP contribution in [0.5, 0.6) is 0 Å². The Bertz CT molecular complexity index is 369. The zero-order valence-electron chi connectivity index (χ0n) is 8.07. The molecule has 80 valence electrons. The summed E-state index contributed by atoms with van der Waals surface area (Å²) in [7, 11) is 0. The average Bonchev–Trinajstić information content (AvgIpc) is 2.59. The summed E-state index contributed by atoms with van der Waals surface area (Å²) >= 11 is 0. The maximum atomic E-state index is 13.1. The van der Waals surface area contributed by atoms with Crippen LogP contribution in [-0.4, -0.2) is 24.0 Å². The van der Waals surface area contributed by atoms with E-state index >= 15 is 0 Å². The van der Waals surface area contributed by atoms with Gasteiger partial charge in [0.1, 0.15) is 12.0 Å². The predicted molar refractivity (Wildman–Crippen MR) is 51.4 cm³/mol. The number of carbonyl (C=O) groups is 1. The Hall–Kier alpha value is -1.45. The molecule has 2 rings (SSSR count). The average molecular weight is 211 g/mol. The third-order valence-electron chi connectivity index (χ3n) is 2.66. The molecule has 1 aliphatic rings. The number of amides is 1. The lowest BCUT2D eigenvalue weighted by molar-refractivity contribution is -0.119. The van der Waals surface area contributed by atoms with Gasteiger partial charge in [0.05, 0.1) is 12.6 Å². The summed E-state index contributed by atoms with van der Waals surface area (Å²) in [4.78, 5) is 12.1. The maximum absolute atomic E-state index is 13.1. The van der Waals surface area contributed by atoms with E-state index in [1.807, 2.05) is 0 Å². The number of hydrogen-bond acceptors (Lipinski definition) is 1. The SMILES string of the molecule is O=CN1CC(F)CC1c1cccc(F)c1. The second-order valence-electron chi connectivity index (χ2n) is 3.71. The molecule has 1 aliphatic heterocycles. The Labute approximate surface area is 86.5 Å². The molecule has 0 spiro atoms. The van der Waals surface area contributed by atoms with Gasteiger partial charge in [-0.25, -0.2) is 8.78 Å². The van der Waals surface area contributed by atoms with E-state index in [4.69, 9.17) is 0 Å². The number of benzene rings is 1. The molecule has 0 radical (unpaired) electrons. The van der Waals surface area contributed by atoms with Crippen LogP contribution in [0.2, 0.25) is 0 Å². The number of likely N-dealkylation sites (tertiary alicyclic amines) is 1. The number of nitrogens with zero attached hydrogens (tertiary/aromatic N) is 1. The van der Waals surface area contributed by atoms with Crippen molar-refractivity contribution < 1.29 is 13.6 Å². The molecule has 0 aliphatic carbocycles. The lowest BCUT2D eigenvalue weighted by Crippen LogP contribution is -2.22. The largest absolute Gasteiger partial charge is 0.335 e. The first-order chi connectivity index (χ1) is 7.20. The number of carbonyl (C=O) groups excluding carboxylic acids is 1. The van der Waals surface area contributed by atoms with Crippen LogP contribution in [0.1, 0.15) is 18.0 Å². The van der Waals surface area contributed by atoms with Crippen molar-refractivity contribution in [2.24, 2.45) is 0 Å². The van der Waals surface area contributed by atoms with Gasteiger partial charge in [-0.1, -0.05) is 12.1 Å². The smallest absolute Gasteiger partial charge is 0.210 e. The molecular formula is C11H11F2NO. The zero-order chi connectivity index (χ0) is 10.8. The van der Waals surface area contributed by atoms with E-state index in [9.17, 15) is 13.6 Å². The van der Waals surface area contributed by atoms with Crippen LogP contribution in [-0.2, 0) is 4.79 Å². The van der Waals surface area contributed by atoms with Crippen LogP contribution in [0.4, 0.5) is 8.78 Å². The topological polar surface area (TPSA) is 20.3 Å². The summed E-state index contributed by atoms with van der Waals surface area (Å²) < 4.78 is 26.1. The fourth-order valence-corrected chi connectivity index (χ4v) is 1.97. The Morgan fingerprint density at radius 3 is 2.93 bits per heavy atom. The van der Waals surface area contributed by atoms with Crippen molar-refractivity contribution in [3.8, 4) is 0 Å². The van der Waals surface area contributed by atoms with E-state index in [0.29, 0.717) is 12.0 Å². The Balaban J connectivity index is 2.26. The van der Waals surface area contributed by atoms with E-state index in [1.165, 1.54) is 17.0 Å². The Morgan fingerprint density at radius 2 is 2.27 bits per heavy atom. The van der Waals surface area contributed by atoms with Gasteiger partial charge < -0.3 is 4.90 Å². The fraction of sp³-hybridized carbons (Fsp3) is 0.364. The van der Waals surface area contributed by atoms with E-state index < -0.39 is 6.17 Å². The number of rotatable bonds is 2. The highest BCUT2D eigenvalue weighted by Gasteiger charge is 2.32. The molecule has 1 heterocycles. The first kappa shape index (κ1) is 10.1. The molecule has 0 N–H and O–H groups in total. The highest BCUT2D eigenvalue weighted by atomic mass is 19.1. The van der Waals surface area contributed by atoms with Gasteiger partial charge in [0.2, 0.25) is 6.41 Å². The van der Waals surface area contributed by atoms with E-state index in [1.54, 1.807) is 12.1 Å². The first-order valence-corrected chi connectivity index (χ1v) is 4.81. The second-order valence-corrected chi connectivity index (χ2v) is 3.71. The van der Waals surface area contributed by atoms with Crippen LogP contribution in [0.3, 0.4) is 0 Å². The molecule has 2 unspecified atom stereocenters. The van der Waals surface area contributed by atoms with Gasteiger partial charge in [-0.3, -0.25) is 4.79 Å². The molecule has 0 bridgehead atoms. The van der Waals surface area contributed by atoms with Gasteiger partial charge in [0, 0.05) is 6.42 Å². The van der Waals surface area contributed by atoms with Gasteiger partial charge >= 0.3 is 0 Å². The van der Waals surface area contributed by atoms with Crippen molar-refractivity contribution in [2.45, 2.75) is 18.6 Å². The molecular weight excluding hydrogens is 200 g/mol. The lowest BCUT2D eigenvalue weighted by atomic mass is 10.0. The summed E-state index contributed by atoms with van der Waals surface area (Å²) in [5, 5.41) is 0. The van der Waals surface area contributed by atoms with Crippen molar-refractivity contribution >= 4 is 6.41 Å². The minimum Gasteiger partial charge on any atom is -0.335 e. The van der Waals surface area contributed by atoms with Crippen molar-refractivity contribution in [3.05, 3.63) is 35.6 Å². The van der Waals surface area contributed by atoms with Crippen molar-refractivity contribution in [1.29, 1.82) is 0 Å². The molecule has 2 nitrogen and oxygen atoms in total. The van der Waals surface area contributed by atoms with Crippen LogP contribution in [0.15, 0.2) is 24.3 Å². The number of halogens is 2. The van der Waals surface area contributed by atoms with Crippen molar-refractivity contribution in [2.75, 3.05) is 6.54 Å². The Morgan fingerprint density at radius 1 is 1.47 bits per heavy atom. The normalized spacial score (nSPS) is 25.6. The monoisotopic (exact) mass is 211 g/mol. The van der Waals surface area contributed by atoms with Gasteiger partial charge in [0.15, 0.2) is 0 Å². The second kappa shape index (κ2) is 3.96. The molecule has 4 heteroatoms. The number of hydrogen-bond donors (Lipinski definition) is 0. The highest BCUT2D eigenvalue weighted by molar-refractivity contribution is 5.50. The van der Waals surface area contributed by atoms with Gasteiger partial charge in [0.25, 0.3) is 0 Å². The van der Waals surface area contributed by atoms with E-state index in [-0.39, 0.29) is 24.8 Å². The molecule has 1 amide bonds. The highest BCUT2D eigenvalue weighted by Crippen LogP contribution is 2.32. The van der Waals surface area contributed by atoms with Gasteiger partial charge in [-0.2, -0.15) is 0 Å². The van der Waals surface area contributed by atoms with Crippen molar-refractivity contribution in [1.82, 2.24) is 4.90 Å². The van der Waals surface area contributed by atoms with Gasteiger partial charge in [-0.05, 0) is 17.7 Å². The van der Waals surface area contributed by atoms with Crippen LogP contribution in [0, 0.1) is 5.82 Å². The predicted octanol–water partition coefficient (Wildman–Crippen LogP) is 2.07. The molecule has 2 atom stereocenters. The van der Waals surface area contributed by atoms with E-state index in [2.05, 4.69) is 0 Å². The maximum Gasteiger partial charge on any atom is 0.210 e. The summed E-state index contributed by atoms with van der Waals surface area (Å²) in [6.07, 6.45) is -0.138. The molecule has 1 aromatic carbocycles. The minimum atomic E-state index is -1.01. The summed E-state index contributed by atoms with van der Waals surface area (Å²) in [6.45, 7) is 0.102. The summed E-state index contributed by atoms with van der Waals surface area (Å²) in [6, 6.07) is 5.63. The Kier molecular flexibility index (Phi) is 2.66. The van der Waals surface area contributed by atoms with Gasteiger partial charge in [-0.15, -0.1) is 0 Å². The quantitative estimate of drug-likeness (QED) is 0.686. The molecule has 1 saturated heterocycles. The molecule has 0 aromatic heterocycles.